The largest absolute Gasteiger partial charge is 0.378 e. The third-order valence-corrected chi connectivity index (χ3v) is 5.38. The molecule has 0 aliphatic carbocycles. The first-order valence-electron chi connectivity index (χ1n) is 9.58. The van der Waals surface area contributed by atoms with Gasteiger partial charge in [0.1, 0.15) is 11.5 Å². The number of rotatable bonds is 4. The molecule has 2 saturated heterocycles. The van der Waals surface area contributed by atoms with Gasteiger partial charge in [-0.3, -0.25) is 14.8 Å². The van der Waals surface area contributed by atoms with Crippen molar-refractivity contribution >= 4 is 5.91 Å². The van der Waals surface area contributed by atoms with Crippen molar-refractivity contribution in [1.29, 1.82) is 0 Å². The fraction of sp³-hybridized carbons (Fsp3) is 0.500. The summed E-state index contributed by atoms with van der Waals surface area (Å²) in [6, 6.07) is 8.61. The maximum atomic E-state index is 13.1. The molecular formula is C20H25FN4O2. The third-order valence-electron chi connectivity index (χ3n) is 5.38. The van der Waals surface area contributed by atoms with Crippen LogP contribution in [0.4, 0.5) is 4.39 Å². The molecule has 1 unspecified atom stereocenters. The monoisotopic (exact) mass is 372 g/mol. The summed E-state index contributed by atoms with van der Waals surface area (Å²) in [5.74, 6) is 0.0999. The lowest BCUT2D eigenvalue weighted by molar-refractivity contribution is 0.0299. The number of ether oxygens (including phenoxy) is 1. The zero-order valence-corrected chi connectivity index (χ0v) is 15.4. The Kier molecular flexibility index (Phi) is 5.50. The minimum atomic E-state index is -0.204. The van der Waals surface area contributed by atoms with E-state index in [1.807, 2.05) is 18.2 Å². The summed E-state index contributed by atoms with van der Waals surface area (Å²) in [4.78, 5) is 16.8. The molecule has 144 valence electrons. The first kappa shape index (κ1) is 18.1. The molecule has 4 rings (SSSR count). The molecule has 2 aliphatic rings. The summed E-state index contributed by atoms with van der Waals surface area (Å²) in [6.45, 7) is 5.16. The number of H-pyrrole nitrogens is 1. The number of hydrogen-bond donors (Lipinski definition) is 1. The molecule has 2 aliphatic heterocycles. The highest BCUT2D eigenvalue weighted by Gasteiger charge is 2.26. The Morgan fingerprint density at radius 2 is 2.00 bits per heavy atom. The fourth-order valence-corrected chi connectivity index (χ4v) is 3.88. The van der Waals surface area contributed by atoms with Crippen molar-refractivity contribution in [3.8, 4) is 0 Å². The summed E-state index contributed by atoms with van der Waals surface area (Å²) >= 11 is 0. The number of aromatic nitrogens is 2. The Labute approximate surface area is 158 Å². The molecule has 0 radical (unpaired) electrons. The molecule has 2 fully saturated rings. The molecule has 6 nitrogen and oxygen atoms in total. The van der Waals surface area contributed by atoms with Crippen LogP contribution in [0.3, 0.4) is 0 Å². The maximum absolute atomic E-state index is 13.1. The van der Waals surface area contributed by atoms with E-state index in [-0.39, 0.29) is 11.7 Å². The van der Waals surface area contributed by atoms with Crippen LogP contribution in [-0.2, 0) is 11.3 Å². The van der Waals surface area contributed by atoms with Crippen molar-refractivity contribution in [2.45, 2.75) is 25.3 Å². The van der Waals surface area contributed by atoms with Crippen LogP contribution in [0.25, 0.3) is 0 Å². The van der Waals surface area contributed by atoms with Gasteiger partial charge in [0.15, 0.2) is 0 Å². The zero-order chi connectivity index (χ0) is 18.6. The topological polar surface area (TPSA) is 61.5 Å². The predicted octanol–water partition coefficient (Wildman–Crippen LogP) is 2.40. The maximum Gasteiger partial charge on any atom is 0.274 e. The number of carbonyl (C=O) groups excluding carboxylic acids is 1. The highest BCUT2D eigenvalue weighted by molar-refractivity contribution is 5.92. The van der Waals surface area contributed by atoms with Gasteiger partial charge in [-0.15, -0.1) is 0 Å². The van der Waals surface area contributed by atoms with Gasteiger partial charge in [-0.1, -0.05) is 12.1 Å². The summed E-state index contributed by atoms with van der Waals surface area (Å²) in [7, 11) is 0. The number of morpholine rings is 1. The number of hydrogen-bond acceptors (Lipinski definition) is 4. The summed E-state index contributed by atoms with van der Waals surface area (Å²) in [5, 5.41) is 7.35. The number of likely N-dealkylation sites (tertiary alicyclic amines) is 1. The lowest BCUT2D eigenvalue weighted by atomic mass is 9.94. The van der Waals surface area contributed by atoms with Crippen LogP contribution in [0.1, 0.15) is 40.5 Å². The highest BCUT2D eigenvalue weighted by atomic mass is 19.1. The Morgan fingerprint density at radius 1 is 1.22 bits per heavy atom. The Bertz CT molecular complexity index is 771. The fourth-order valence-electron chi connectivity index (χ4n) is 3.88. The van der Waals surface area contributed by atoms with Crippen LogP contribution in [0, 0.1) is 5.82 Å². The van der Waals surface area contributed by atoms with Gasteiger partial charge in [0.25, 0.3) is 5.91 Å². The van der Waals surface area contributed by atoms with Crippen molar-refractivity contribution < 1.29 is 13.9 Å². The van der Waals surface area contributed by atoms with Crippen LogP contribution in [0.2, 0.25) is 0 Å². The van der Waals surface area contributed by atoms with Crippen LogP contribution in [-0.4, -0.2) is 65.3 Å². The van der Waals surface area contributed by atoms with Gasteiger partial charge < -0.3 is 9.64 Å². The van der Waals surface area contributed by atoms with Gasteiger partial charge in [0.05, 0.1) is 13.2 Å². The Morgan fingerprint density at radius 3 is 2.78 bits per heavy atom. The van der Waals surface area contributed by atoms with Crippen molar-refractivity contribution in [2.24, 2.45) is 0 Å². The van der Waals surface area contributed by atoms with E-state index in [2.05, 4.69) is 15.1 Å². The first-order valence-corrected chi connectivity index (χ1v) is 9.58. The normalized spacial score (nSPS) is 21.4. The molecule has 1 atom stereocenters. The SMILES string of the molecule is O=C(c1cc(C2CCCN(Cc3ccc(F)cc3)C2)[nH]n1)N1CCOCC1. The van der Waals surface area contributed by atoms with E-state index >= 15 is 0 Å². The van der Waals surface area contributed by atoms with Gasteiger partial charge in [-0.2, -0.15) is 5.10 Å². The van der Waals surface area contributed by atoms with Crippen molar-refractivity contribution in [2.75, 3.05) is 39.4 Å². The van der Waals surface area contributed by atoms with Crippen LogP contribution in [0.15, 0.2) is 30.3 Å². The Balaban J connectivity index is 1.38. The average molecular weight is 372 g/mol. The zero-order valence-electron chi connectivity index (χ0n) is 15.4. The van der Waals surface area contributed by atoms with E-state index in [1.165, 1.54) is 12.1 Å². The summed E-state index contributed by atoms with van der Waals surface area (Å²) < 4.78 is 18.4. The summed E-state index contributed by atoms with van der Waals surface area (Å²) in [5.41, 5.74) is 2.63. The van der Waals surface area contributed by atoms with E-state index in [9.17, 15) is 9.18 Å². The lowest BCUT2D eigenvalue weighted by Crippen LogP contribution is -2.40. The van der Waals surface area contributed by atoms with Crippen LogP contribution < -0.4 is 0 Å². The number of benzene rings is 1. The van der Waals surface area contributed by atoms with E-state index in [1.54, 1.807) is 4.90 Å². The smallest absolute Gasteiger partial charge is 0.274 e. The molecule has 0 saturated carbocycles. The minimum Gasteiger partial charge on any atom is -0.378 e. The van der Waals surface area contributed by atoms with Crippen molar-refractivity contribution in [3.05, 3.63) is 53.1 Å². The second-order valence-corrected chi connectivity index (χ2v) is 7.31. The van der Waals surface area contributed by atoms with E-state index < -0.39 is 0 Å². The van der Waals surface area contributed by atoms with Gasteiger partial charge in [0, 0.05) is 37.8 Å². The lowest BCUT2D eigenvalue weighted by Gasteiger charge is -2.32. The first-order chi connectivity index (χ1) is 13.2. The van der Waals surface area contributed by atoms with Crippen molar-refractivity contribution in [3.63, 3.8) is 0 Å². The van der Waals surface area contributed by atoms with E-state index in [0.717, 1.165) is 43.7 Å². The van der Waals surface area contributed by atoms with E-state index in [4.69, 9.17) is 4.74 Å². The second kappa shape index (κ2) is 8.19. The molecule has 0 bridgehead atoms. The summed E-state index contributed by atoms with van der Waals surface area (Å²) in [6.07, 6.45) is 2.17. The van der Waals surface area contributed by atoms with Crippen LogP contribution in [0.5, 0.6) is 0 Å². The molecular weight excluding hydrogens is 347 g/mol. The number of halogens is 1. The quantitative estimate of drug-likeness (QED) is 0.895. The molecule has 2 aromatic rings. The Hall–Kier alpha value is -2.25. The van der Waals surface area contributed by atoms with E-state index in [0.29, 0.717) is 37.9 Å². The second-order valence-electron chi connectivity index (χ2n) is 7.31. The molecule has 1 N–H and O–H groups in total. The molecule has 1 aromatic heterocycles. The third kappa shape index (κ3) is 4.36. The highest BCUT2D eigenvalue weighted by Crippen LogP contribution is 2.27. The van der Waals surface area contributed by atoms with Crippen molar-refractivity contribution in [1.82, 2.24) is 20.0 Å². The van der Waals surface area contributed by atoms with Gasteiger partial charge in [-0.05, 0) is 43.1 Å². The standard InChI is InChI=1S/C20H25FN4O2/c21-17-5-3-15(4-6-17)13-24-7-1-2-16(14-24)18-12-19(23-22-18)20(26)25-8-10-27-11-9-25/h3-6,12,16H,1-2,7-11,13-14H2,(H,22,23). The number of aromatic amines is 1. The van der Waals surface area contributed by atoms with Gasteiger partial charge in [-0.25, -0.2) is 4.39 Å². The molecule has 27 heavy (non-hydrogen) atoms. The number of nitrogens with one attached hydrogen (secondary N) is 1. The molecule has 0 spiro atoms. The number of nitrogens with zero attached hydrogens (tertiary/aromatic N) is 3. The predicted molar refractivity (Wildman–Crippen MR) is 99.0 cm³/mol. The molecule has 1 aromatic carbocycles. The number of piperidine rings is 1. The minimum absolute atomic E-state index is 0.0280. The van der Waals surface area contributed by atoms with Gasteiger partial charge >= 0.3 is 0 Å². The molecule has 1 amide bonds. The average Bonchev–Trinajstić information content (AvgIpc) is 3.20. The number of amides is 1. The number of carbonyl (C=O) groups is 1. The van der Waals surface area contributed by atoms with Crippen LogP contribution >= 0.6 is 0 Å². The molecule has 7 heteroatoms. The van der Waals surface area contributed by atoms with Gasteiger partial charge in [0.2, 0.25) is 0 Å². The molecule has 3 heterocycles.